The molecule has 0 radical (unpaired) electrons. The molecule has 52 heavy (non-hydrogen) atoms. The van der Waals surface area contributed by atoms with Crippen LogP contribution in [0.25, 0.3) is 0 Å². The van der Waals surface area contributed by atoms with Crippen molar-refractivity contribution in [3.8, 4) is 0 Å². The Bertz CT molecular complexity index is 1350. The molecule has 0 aliphatic carbocycles. The van der Waals surface area contributed by atoms with Gasteiger partial charge in [0.25, 0.3) is 0 Å². The molecule has 1 atom stereocenters. The zero-order chi connectivity index (χ0) is 43.4. The number of hydrogen-bond acceptors (Lipinski definition) is 2. The highest BCUT2D eigenvalue weighted by molar-refractivity contribution is 5.87. The van der Waals surface area contributed by atoms with Gasteiger partial charge in [-0.2, -0.15) is 132 Å². The fourth-order valence-corrected chi connectivity index (χ4v) is 3.04. The van der Waals surface area contributed by atoms with Crippen LogP contribution < -0.4 is 0 Å². The third kappa shape index (κ3) is 5.72. The molecule has 33 heteroatoms. The van der Waals surface area contributed by atoms with Gasteiger partial charge in [0.1, 0.15) is 0 Å². The van der Waals surface area contributed by atoms with Crippen LogP contribution in [-0.4, -0.2) is 95.2 Å². The maximum absolute atomic E-state index is 15.1. The molecule has 0 saturated heterocycles. The van der Waals surface area contributed by atoms with Crippen molar-refractivity contribution in [1.29, 1.82) is 0 Å². The average Bonchev–Trinajstić information content (AvgIpc) is 2.89. The van der Waals surface area contributed by atoms with E-state index < -0.39 is 101 Å². The highest BCUT2D eigenvalue weighted by Gasteiger charge is 3.02. The first-order valence-electron chi connectivity index (χ1n) is 11.1. The van der Waals surface area contributed by atoms with E-state index in [0.717, 1.165) is 0 Å². The predicted molar refractivity (Wildman–Crippen MR) is 96.2 cm³/mol. The summed E-state index contributed by atoms with van der Waals surface area (Å²) >= 11 is 0. The first-order chi connectivity index (χ1) is 21.8. The Morgan fingerprint density at radius 1 is 0.346 bits per heavy atom. The minimum Gasteiger partial charge on any atom is -0.413 e. The number of halogens is 31. The minimum atomic E-state index is -10.1. The highest BCUT2D eigenvalue weighted by Crippen LogP contribution is 2.70. The molecule has 1 unspecified atom stereocenters. The van der Waals surface area contributed by atoms with Crippen LogP contribution in [0.15, 0.2) is 12.2 Å². The van der Waals surface area contributed by atoms with Crippen molar-refractivity contribution in [3.63, 3.8) is 0 Å². The second-order valence-corrected chi connectivity index (χ2v) is 9.66. The summed E-state index contributed by atoms with van der Waals surface area (Å²) < 4.78 is 422. The molecule has 0 N–H and O–H groups in total. The highest BCUT2D eigenvalue weighted by atomic mass is 19.4. The fraction of sp³-hybridized carbons (Fsp3) is 0.842. The topological polar surface area (TPSA) is 26.3 Å². The Hall–Kier alpha value is -2.96. The lowest BCUT2D eigenvalue weighted by Crippen LogP contribution is -2.81. The van der Waals surface area contributed by atoms with E-state index in [9.17, 15) is 137 Å². The lowest BCUT2D eigenvalue weighted by Gasteiger charge is -2.48. The smallest absolute Gasteiger partial charge is 0.413 e. The Morgan fingerprint density at radius 3 is 0.769 bits per heavy atom. The van der Waals surface area contributed by atoms with E-state index in [-0.39, 0.29) is 6.92 Å². The zero-order valence-electron chi connectivity index (χ0n) is 22.7. The Kier molecular flexibility index (Phi) is 11.3. The van der Waals surface area contributed by atoms with E-state index >= 15 is 4.39 Å². The number of esters is 1. The van der Waals surface area contributed by atoms with Crippen LogP contribution in [0.2, 0.25) is 0 Å². The maximum Gasteiger partial charge on any atom is 0.460 e. The number of carbonyl (C=O) groups excluding carboxylic acids is 1. The quantitative estimate of drug-likeness (QED) is 0.105. The lowest BCUT2D eigenvalue weighted by molar-refractivity contribution is -0.499. The molecule has 0 amide bonds. The summed E-state index contributed by atoms with van der Waals surface area (Å²) in [5.74, 6) is -111. The second-order valence-electron chi connectivity index (χ2n) is 9.66. The van der Waals surface area contributed by atoms with E-state index in [1.54, 1.807) is 4.74 Å². The van der Waals surface area contributed by atoms with Crippen molar-refractivity contribution < 1.29 is 146 Å². The summed E-state index contributed by atoms with van der Waals surface area (Å²) in [6.07, 6.45) is -26.0. The maximum atomic E-state index is 15.1. The molecule has 0 fully saturated rings. The van der Waals surface area contributed by atoms with Crippen LogP contribution in [-0.2, 0) is 9.53 Å². The van der Waals surface area contributed by atoms with Crippen molar-refractivity contribution in [2.75, 3.05) is 0 Å². The summed E-state index contributed by atoms with van der Waals surface area (Å²) in [5, 5.41) is 0. The van der Waals surface area contributed by atoms with Crippen LogP contribution in [0, 0.1) is 0 Å². The number of carbonyl (C=O) groups is 1. The van der Waals surface area contributed by atoms with E-state index in [1.165, 1.54) is 0 Å². The second kappa shape index (κ2) is 12.0. The number of ether oxygens (including phenoxy) is 1. The summed E-state index contributed by atoms with van der Waals surface area (Å²) in [5.41, 5.74) is -11.7. The molecular weight excluding hydrogens is 849 g/mol. The fourth-order valence-electron chi connectivity index (χ4n) is 3.04. The van der Waals surface area contributed by atoms with Crippen LogP contribution >= 0.6 is 0 Å². The number of hydrogen-bond donors (Lipinski definition) is 0. The van der Waals surface area contributed by atoms with Crippen molar-refractivity contribution in [2.24, 2.45) is 0 Å². The SMILES string of the molecule is C=C(C)C(=O)OC(F)(C(F)(F)C(F)(F)C(F)(F)C(F)(F)C(F)(F)C(F)(F)F)C(F)(F)C(F)(F)C(F)(F)C(F)(F)C(F)(F)C(F)(C(F)(F)F)C(F)(F)F. The molecular formula is C19H5F31O2. The van der Waals surface area contributed by atoms with Gasteiger partial charge in [0.2, 0.25) is 0 Å². The molecule has 0 aliphatic rings. The molecule has 0 aromatic rings. The van der Waals surface area contributed by atoms with E-state index in [0.29, 0.717) is 0 Å². The van der Waals surface area contributed by atoms with Gasteiger partial charge in [-0.1, -0.05) is 6.58 Å². The van der Waals surface area contributed by atoms with Gasteiger partial charge < -0.3 is 4.74 Å². The van der Waals surface area contributed by atoms with E-state index in [2.05, 4.69) is 0 Å². The van der Waals surface area contributed by atoms with Gasteiger partial charge in [-0.25, -0.2) is 9.18 Å². The van der Waals surface area contributed by atoms with E-state index in [4.69, 9.17) is 0 Å². The Balaban J connectivity index is 8.40. The normalized spacial score (nSPS) is 17.5. The Labute approximate surface area is 261 Å². The predicted octanol–water partition coefficient (Wildman–Crippen LogP) is 10.5. The zero-order valence-corrected chi connectivity index (χ0v) is 22.7. The van der Waals surface area contributed by atoms with Crippen LogP contribution in [0.3, 0.4) is 0 Å². The molecule has 0 rings (SSSR count). The number of alkyl halides is 31. The molecule has 0 heterocycles. The van der Waals surface area contributed by atoms with E-state index in [1.807, 2.05) is 6.58 Å². The molecule has 0 saturated carbocycles. The minimum absolute atomic E-state index is 0.361. The van der Waals surface area contributed by atoms with Crippen LogP contribution in [0.5, 0.6) is 0 Å². The summed E-state index contributed by atoms with van der Waals surface area (Å²) in [7, 11) is 0. The molecule has 0 aromatic carbocycles. The van der Waals surface area contributed by atoms with Crippen LogP contribution in [0.1, 0.15) is 6.92 Å². The summed E-state index contributed by atoms with van der Waals surface area (Å²) in [6.45, 7) is 1.59. The van der Waals surface area contributed by atoms with Crippen molar-refractivity contribution in [2.45, 2.75) is 96.2 Å². The van der Waals surface area contributed by atoms with Gasteiger partial charge >= 0.3 is 95.2 Å². The molecule has 0 aromatic heterocycles. The third-order valence-corrected chi connectivity index (χ3v) is 6.11. The monoisotopic (exact) mass is 854 g/mol. The van der Waals surface area contributed by atoms with Gasteiger partial charge in [0.05, 0.1) is 0 Å². The van der Waals surface area contributed by atoms with Gasteiger partial charge in [0.15, 0.2) is 0 Å². The molecule has 2 nitrogen and oxygen atoms in total. The first-order valence-corrected chi connectivity index (χ1v) is 11.1. The van der Waals surface area contributed by atoms with Crippen molar-refractivity contribution in [3.05, 3.63) is 12.2 Å². The molecule has 310 valence electrons. The Morgan fingerprint density at radius 2 is 0.558 bits per heavy atom. The van der Waals surface area contributed by atoms with Gasteiger partial charge in [-0.05, 0) is 6.92 Å². The third-order valence-electron chi connectivity index (χ3n) is 6.11. The van der Waals surface area contributed by atoms with Crippen LogP contribution in [0.4, 0.5) is 136 Å². The summed E-state index contributed by atoms with van der Waals surface area (Å²) in [6, 6.07) is 0. The molecule has 0 bridgehead atoms. The van der Waals surface area contributed by atoms with Gasteiger partial charge in [-0.3, -0.25) is 0 Å². The van der Waals surface area contributed by atoms with Gasteiger partial charge in [0, 0.05) is 5.57 Å². The molecule has 0 spiro atoms. The van der Waals surface area contributed by atoms with Crippen molar-refractivity contribution in [1.82, 2.24) is 0 Å². The number of rotatable bonds is 13. The first kappa shape index (κ1) is 49.0. The standard InChI is InChI=1S/C19H5F31O2/c1-3(2)4(51)52-16(41,14(37,38)11(31,32)9(27,28)12(33,34)15(39,40)19(48,49)50)13(35,36)10(29,30)8(25,26)7(23,24)6(21,22)5(20,17(42,43)44)18(45,46)47/h1H2,2H3. The largest absolute Gasteiger partial charge is 0.460 e. The van der Waals surface area contributed by atoms with Crippen molar-refractivity contribution >= 4 is 5.97 Å². The molecule has 0 aliphatic heterocycles. The van der Waals surface area contributed by atoms with Gasteiger partial charge in [-0.15, -0.1) is 0 Å². The lowest BCUT2D eigenvalue weighted by atomic mass is 9.81. The summed E-state index contributed by atoms with van der Waals surface area (Å²) in [4.78, 5) is 11.3. The average molecular weight is 854 g/mol.